The van der Waals surface area contributed by atoms with Crippen LogP contribution < -0.4 is 5.32 Å². The second-order valence-corrected chi connectivity index (χ2v) is 7.44. The van der Waals surface area contributed by atoms with Gasteiger partial charge in [-0.15, -0.1) is 0 Å². The number of rotatable bonds is 6. The molecule has 0 aliphatic heterocycles. The maximum absolute atomic E-state index is 14.1. The van der Waals surface area contributed by atoms with Crippen LogP contribution in [0, 0.1) is 11.7 Å². The van der Waals surface area contributed by atoms with Gasteiger partial charge in [-0.05, 0) is 18.1 Å². The summed E-state index contributed by atoms with van der Waals surface area (Å²) in [6, 6.07) is 1.89. The highest BCUT2D eigenvalue weighted by Gasteiger charge is 2.23. The number of methoxy groups -OCH3 is 1. The topological polar surface area (TPSA) is 72.5 Å². The molecule has 0 saturated heterocycles. The minimum absolute atomic E-state index is 0.0115. The molecule has 5 nitrogen and oxygen atoms in total. The van der Waals surface area contributed by atoms with Crippen LogP contribution in [0.15, 0.2) is 17.0 Å². The van der Waals surface area contributed by atoms with Gasteiger partial charge in [0, 0.05) is 29.4 Å². The molecular weight excluding hydrogens is 344 g/mol. The van der Waals surface area contributed by atoms with Crippen LogP contribution in [0.2, 0.25) is 5.02 Å². The minimum Gasteiger partial charge on any atom is -0.384 e. The maximum atomic E-state index is 14.1. The first-order chi connectivity index (χ1) is 9.66. The van der Waals surface area contributed by atoms with Crippen molar-refractivity contribution in [2.24, 2.45) is 5.92 Å². The van der Waals surface area contributed by atoms with Crippen LogP contribution in [0.25, 0.3) is 0 Å². The molecule has 1 amide bonds. The molecule has 9 heteroatoms. The van der Waals surface area contributed by atoms with Crippen molar-refractivity contribution < 1.29 is 22.3 Å². The van der Waals surface area contributed by atoms with Crippen molar-refractivity contribution in [1.29, 1.82) is 0 Å². The minimum atomic E-state index is -4.34. The smallest absolute Gasteiger partial charge is 0.264 e. The second-order valence-electron chi connectivity index (χ2n) is 4.47. The number of carbonyl (C=O) groups excluding carboxylic acids is 1. The van der Waals surface area contributed by atoms with E-state index in [2.05, 4.69) is 5.32 Å². The summed E-state index contributed by atoms with van der Waals surface area (Å²) < 4.78 is 41.5. The number of amides is 1. The van der Waals surface area contributed by atoms with Crippen LogP contribution in [0.3, 0.4) is 0 Å². The van der Waals surface area contributed by atoms with E-state index < -0.39 is 31.2 Å². The van der Waals surface area contributed by atoms with E-state index in [1.165, 1.54) is 7.11 Å². The number of nitrogens with one attached hydrogen (secondary N) is 1. The van der Waals surface area contributed by atoms with Gasteiger partial charge < -0.3 is 10.1 Å². The lowest BCUT2D eigenvalue weighted by Crippen LogP contribution is -2.30. The molecule has 0 bridgehead atoms. The zero-order chi connectivity index (χ0) is 16.2. The number of hydrogen-bond acceptors (Lipinski definition) is 4. The number of hydrogen-bond donors (Lipinski definition) is 1. The molecule has 0 spiro atoms. The first-order valence-electron chi connectivity index (χ1n) is 5.87. The highest BCUT2D eigenvalue weighted by molar-refractivity contribution is 8.13. The predicted octanol–water partition coefficient (Wildman–Crippen LogP) is 2.42. The normalized spacial score (nSPS) is 13.0. The van der Waals surface area contributed by atoms with E-state index in [-0.39, 0.29) is 17.5 Å². The molecular formula is C12H14Cl2FNO4S. The van der Waals surface area contributed by atoms with Gasteiger partial charge in [-0.2, -0.15) is 0 Å². The van der Waals surface area contributed by atoms with Crippen molar-refractivity contribution in [2.75, 3.05) is 20.3 Å². The number of carbonyl (C=O) groups is 1. The predicted molar refractivity (Wildman–Crippen MR) is 77.8 cm³/mol. The van der Waals surface area contributed by atoms with E-state index in [0.29, 0.717) is 6.61 Å². The molecule has 0 saturated carbocycles. The average Bonchev–Trinajstić information content (AvgIpc) is 2.37. The first kappa shape index (κ1) is 18.2. The molecule has 1 atom stereocenters. The highest BCUT2D eigenvalue weighted by Crippen LogP contribution is 2.26. The van der Waals surface area contributed by atoms with Crippen molar-refractivity contribution in [2.45, 2.75) is 11.8 Å². The standard InChI is InChI=1S/C12H14Cl2FNO4S/c1-7(6-20-2)5-16-12(17)9-3-8(13)4-10(11(9)15)21(14,18)19/h3-4,7H,5-6H2,1-2H3,(H,16,17). The van der Waals surface area contributed by atoms with Crippen LogP contribution >= 0.6 is 22.3 Å². The van der Waals surface area contributed by atoms with Crippen LogP contribution in [-0.2, 0) is 13.8 Å². The molecule has 21 heavy (non-hydrogen) atoms. The molecule has 1 aromatic carbocycles. The zero-order valence-electron chi connectivity index (χ0n) is 11.3. The second kappa shape index (κ2) is 7.40. The summed E-state index contributed by atoms with van der Waals surface area (Å²) in [5.41, 5.74) is -0.480. The first-order valence-corrected chi connectivity index (χ1v) is 8.56. The van der Waals surface area contributed by atoms with Crippen molar-refractivity contribution in [1.82, 2.24) is 5.32 Å². The van der Waals surface area contributed by atoms with Gasteiger partial charge in [0.1, 0.15) is 4.90 Å². The van der Waals surface area contributed by atoms with Gasteiger partial charge in [-0.1, -0.05) is 18.5 Å². The van der Waals surface area contributed by atoms with Gasteiger partial charge in [-0.25, -0.2) is 12.8 Å². The summed E-state index contributed by atoms with van der Waals surface area (Å²) in [6.07, 6.45) is 0. The van der Waals surface area contributed by atoms with Gasteiger partial charge in [0.25, 0.3) is 15.0 Å². The highest BCUT2D eigenvalue weighted by atomic mass is 35.7. The average molecular weight is 358 g/mol. The Bertz CT molecular complexity index is 636. The fourth-order valence-corrected chi connectivity index (χ4v) is 2.82. The van der Waals surface area contributed by atoms with E-state index in [0.717, 1.165) is 12.1 Å². The maximum Gasteiger partial charge on any atom is 0.264 e. The molecule has 0 fully saturated rings. The van der Waals surface area contributed by atoms with E-state index in [1.54, 1.807) is 0 Å². The Kier molecular flexibility index (Phi) is 6.40. The van der Waals surface area contributed by atoms with Crippen LogP contribution in [0.4, 0.5) is 4.39 Å². The number of ether oxygens (including phenoxy) is 1. The summed E-state index contributed by atoms with van der Waals surface area (Å²) in [4.78, 5) is 11.1. The molecule has 118 valence electrons. The van der Waals surface area contributed by atoms with Gasteiger partial charge in [0.2, 0.25) is 0 Å². The fraction of sp³-hybridized carbons (Fsp3) is 0.417. The lowest BCUT2D eigenvalue weighted by atomic mass is 10.1. The molecule has 1 rings (SSSR count). The number of halogens is 3. The third-order valence-corrected chi connectivity index (χ3v) is 4.11. The van der Waals surface area contributed by atoms with Gasteiger partial charge in [0.15, 0.2) is 5.82 Å². The monoisotopic (exact) mass is 357 g/mol. The van der Waals surface area contributed by atoms with Crippen molar-refractivity contribution in [3.05, 3.63) is 28.5 Å². The van der Waals surface area contributed by atoms with Crippen molar-refractivity contribution in [3.63, 3.8) is 0 Å². The fourth-order valence-electron chi connectivity index (χ4n) is 1.61. The molecule has 1 unspecified atom stereocenters. The quantitative estimate of drug-likeness (QED) is 0.793. The Labute approximate surface area is 131 Å². The van der Waals surface area contributed by atoms with Crippen LogP contribution in [0.1, 0.15) is 17.3 Å². The summed E-state index contributed by atoms with van der Waals surface area (Å²) >= 11 is 5.69. The Morgan fingerprint density at radius 1 is 1.48 bits per heavy atom. The SMILES string of the molecule is COCC(C)CNC(=O)c1cc(Cl)cc(S(=O)(=O)Cl)c1F. The largest absolute Gasteiger partial charge is 0.384 e. The third kappa shape index (κ3) is 5.10. The van der Waals surface area contributed by atoms with Crippen molar-refractivity contribution >= 4 is 37.2 Å². The van der Waals surface area contributed by atoms with Crippen LogP contribution in [0.5, 0.6) is 0 Å². The van der Waals surface area contributed by atoms with Gasteiger partial charge in [-0.3, -0.25) is 4.79 Å². The van der Waals surface area contributed by atoms with E-state index in [4.69, 9.17) is 27.0 Å². The zero-order valence-corrected chi connectivity index (χ0v) is 13.6. The summed E-state index contributed by atoms with van der Waals surface area (Å²) in [5.74, 6) is -2.00. The van der Waals surface area contributed by atoms with Gasteiger partial charge in [0.05, 0.1) is 12.2 Å². The van der Waals surface area contributed by atoms with E-state index in [1.807, 2.05) is 6.92 Å². The van der Waals surface area contributed by atoms with Crippen LogP contribution in [-0.4, -0.2) is 34.6 Å². The van der Waals surface area contributed by atoms with E-state index in [9.17, 15) is 17.6 Å². The molecule has 0 aliphatic carbocycles. The molecule has 0 heterocycles. The third-order valence-electron chi connectivity index (χ3n) is 2.57. The van der Waals surface area contributed by atoms with Crippen molar-refractivity contribution in [3.8, 4) is 0 Å². The Morgan fingerprint density at radius 3 is 2.62 bits per heavy atom. The van der Waals surface area contributed by atoms with E-state index >= 15 is 0 Å². The van der Waals surface area contributed by atoms with Gasteiger partial charge >= 0.3 is 0 Å². The lowest BCUT2D eigenvalue weighted by Gasteiger charge is -2.12. The molecule has 0 radical (unpaired) electrons. The lowest BCUT2D eigenvalue weighted by molar-refractivity contribution is 0.0929. The molecule has 1 N–H and O–H groups in total. The Morgan fingerprint density at radius 2 is 2.10 bits per heavy atom. The molecule has 0 aromatic heterocycles. The number of benzene rings is 1. The summed E-state index contributed by atoms with van der Waals surface area (Å²) in [6.45, 7) is 2.48. The Balaban J connectivity index is 3.03. The molecule has 1 aromatic rings. The summed E-state index contributed by atoms with van der Waals surface area (Å²) in [5, 5.41) is 2.37. The Hall–Kier alpha value is -0.890. The summed E-state index contributed by atoms with van der Waals surface area (Å²) in [7, 11) is 2.29. The molecule has 0 aliphatic rings.